The Morgan fingerprint density at radius 3 is 2.41 bits per heavy atom. The van der Waals surface area contributed by atoms with Gasteiger partial charge in [-0.2, -0.15) is 13.2 Å². The highest BCUT2D eigenvalue weighted by molar-refractivity contribution is 5.98. The zero-order valence-electron chi connectivity index (χ0n) is 19.2. The van der Waals surface area contributed by atoms with Gasteiger partial charge in [0.2, 0.25) is 0 Å². The normalized spacial score (nSPS) is 10.9. The van der Waals surface area contributed by atoms with E-state index in [1.807, 2.05) is 18.2 Å². The highest BCUT2D eigenvalue weighted by Crippen LogP contribution is 2.32. The Morgan fingerprint density at radius 1 is 0.865 bits per heavy atom. The van der Waals surface area contributed by atoms with Crippen molar-refractivity contribution in [3.05, 3.63) is 108 Å². The maximum absolute atomic E-state index is 13.0. The van der Waals surface area contributed by atoms with Gasteiger partial charge < -0.3 is 20.1 Å². The standard InChI is InChI=1S/C27H20F3N3O4/c28-27(29,30)18-8-6-9-19(16-18)32-25-21(12-7-15-31-25)26(35)36-17-24(34)33-22-13-4-5-14-23(22)37-20-10-2-1-3-11-20/h1-16H,17H2,(H,31,32)(H,33,34). The predicted molar refractivity (Wildman–Crippen MR) is 131 cm³/mol. The molecule has 0 unspecified atom stereocenters. The van der Waals surface area contributed by atoms with E-state index in [1.165, 1.54) is 30.5 Å². The molecule has 0 radical (unpaired) electrons. The lowest BCUT2D eigenvalue weighted by atomic mass is 10.2. The van der Waals surface area contributed by atoms with Gasteiger partial charge in [0.05, 0.1) is 11.3 Å². The van der Waals surface area contributed by atoms with Crippen LogP contribution in [0.5, 0.6) is 11.5 Å². The number of aromatic nitrogens is 1. The first-order chi connectivity index (χ1) is 17.8. The lowest BCUT2D eigenvalue weighted by Gasteiger charge is -2.13. The number of halogens is 3. The first-order valence-corrected chi connectivity index (χ1v) is 11.0. The summed E-state index contributed by atoms with van der Waals surface area (Å²) in [5.74, 6) is -0.546. The number of amides is 1. The SMILES string of the molecule is O=C(COC(=O)c1cccnc1Nc1cccc(C(F)(F)F)c1)Nc1ccccc1Oc1ccccc1. The molecule has 37 heavy (non-hydrogen) atoms. The maximum Gasteiger partial charge on any atom is 0.416 e. The summed E-state index contributed by atoms with van der Waals surface area (Å²) >= 11 is 0. The van der Waals surface area contributed by atoms with Gasteiger partial charge in [-0.25, -0.2) is 9.78 Å². The van der Waals surface area contributed by atoms with Crippen LogP contribution in [0.2, 0.25) is 0 Å². The molecule has 7 nitrogen and oxygen atoms in total. The summed E-state index contributed by atoms with van der Waals surface area (Å²) in [4.78, 5) is 29.2. The fourth-order valence-corrected chi connectivity index (χ4v) is 3.25. The summed E-state index contributed by atoms with van der Waals surface area (Å²) in [6.45, 7) is -0.615. The van der Waals surface area contributed by atoms with E-state index in [0.717, 1.165) is 12.1 Å². The number of carbonyl (C=O) groups excluding carboxylic acids is 2. The molecule has 0 aliphatic rings. The Hall–Kier alpha value is -4.86. The molecule has 0 saturated heterocycles. The van der Waals surface area contributed by atoms with E-state index in [-0.39, 0.29) is 17.1 Å². The van der Waals surface area contributed by atoms with Crippen LogP contribution in [0, 0.1) is 0 Å². The monoisotopic (exact) mass is 507 g/mol. The Kier molecular flexibility index (Phi) is 7.68. The van der Waals surface area contributed by atoms with Gasteiger partial charge in [-0.1, -0.05) is 36.4 Å². The summed E-state index contributed by atoms with van der Waals surface area (Å²) in [6.07, 6.45) is -3.16. The molecule has 0 fully saturated rings. The Labute approximate surface area is 209 Å². The molecular weight excluding hydrogens is 487 g/mol. The summed E-state index contributed by atoms with van der Waals surface area (Å²) in [5.41, 5.74) is -0.456. The number of benzene rings is 3. The molecular formula is C27H20F3N3O4. The third-order valence-electron chi connectivity index (χ3n) is 4.95. The van der Waals surface area contributed by atoms with Gasteiger partial charge in [-0.3, -0.25) is 4.79 Å². The van der Waals surface area contributed by atoms with E-state index in [0.29, 0.717) is 17.2 Å². The highest BCUT2D eigenvalue weighted by atomic mass is 19.4. The molecule has 0 aliphatic carbocycles. The van der Waals surface area contributed by atoms with E-state index in [1.54, 1.807) is 36.4 Å². The summed E-state index contributed by atoms with van der Waals surface area (Å²) in [7, 11) is 0. The van der Waals surface area contributed by atoms with Crippen LogP contribution in [0.25, 0.3) is 0 Å². The number of esters is 1. The highest BCUT2D eigenvalue weighted by Gasteiger charge is 2.30. The van der Waals surface area contributed by atoms with Crippen LogP contribution in [0.4, 0.5) is 30.4 Å². The number of nitrogens with one attached hydrogen (secondary N) is 2. The average molecular weight is 507 g/mol. The number of carbonyl (C=O) groups is 2. The number of hydrogen-bond acceptors (Lipinski definition) is 6. The maximum atomic E-state index is 13.0. The molecule has 4 aromatic rings. The van der Waals surface area contributed by atoms with Crippen molar-refractivity contribution >= 4 is 29.1 Å². The minimum Gasteiger partial charge on any atom is -0.455 e. The third kappa shape index (κ3) is 6.85. The first-order valence-electron chi connectivity index (χ1n) is 11.0. The molecule has 0 aliphatic heterocycles. The average Bonchev–Trinajstić information content (AvgIpc) is 2.89. The van der Waals surface area contributed by atoms with Crippen molar-refractivity contribution < 1.29 is 32.2 Å². The molecule has 0 saturated carbocycles. The van der Waals surface area contributed by atoms with E-state index in [2.05, 4.69) is 15.6 Å². The Morgan fingerprint density at radius 2 is 1.62 bits per heavy atom. The van der Waals surface area contributed by atoms with Crippen LogP contribution in [0.15, 0.2) is 97.2 Å². The quantitative estimate of drug-likeness (QED) is 0.267. The number of nitrogens with zero attached hydrogens (tertiary/aromatic N) is 1. The molecule has 0 bridgehead atoms. The van der Waals surface area contributed by atoms with Crippen LogP contribution in [-0.4, -0.2) is 23.5 Å². The van der Waals surface area contributed by atoms with Crippen molar-refractivity contribution in [1.29, 1.82) is 0 Å². The van der Waals surface area contributed by atoms with Crippen LogP contribution in [0.3, 0.4) is 0 Å². The minimum absolute atomic E-state index is 0.0196. The van der Waals surface area contributed by atoms with Gasteiger partial charge in [0.15, 0.2) is 12.4 Å². The van der Waals surface area contributed by atoms with Gasteiger partial charge in [0, 0.05) is 11.9 Å². The number of alkyl halides is 3. The summed E-state index contributed by atoms with van der Waals surface area (Å²) in [6, 6.07) is 23.1. The van der Waals surface area contributed by atoms with Gasteiger partial charge in [0.25, 0.3) is 5.91 Å². The molecule has 0 atom stereocenters. The molecule has 1 amide bonds. The zero-order valence-corrected chi connectivity index (χ0v) is 19.2. The van der Waals surface area contributed by atoms with E-state index < -0.39 is 30.2 Å². The number of rotatable bonds is 8. The van der Waals surface area contributed by atoms with Crippen molar-refractivity contribution in [3.63, 3.8) is 0 Å². The first kappa shape index (κ1) is 25.2. The van der Waals surface area contributed by atoms with Crippen molar-refractivity contribution in [1.82, 2.24) is 4.98 Å². The Balaban J connectivity index is 1.40. The number of ether oxygens (including phenoxy) is 2. The molecule has 10 heteroatoms. The largest absolute Gasteiger partial charge is 0.455 e. The van der Waals surface area contributed by atoms with Crippen LogP contribution in [-0.2, 0) is 15.7 Å². The number of hydrogen-bond donors (Lipinski definition) is 2. The second-order valence-electron chi connectivity index (χ2n) is 7.64. The smallest absolute Gasteiger partial charge is 0.416 e. The van der Waals surface area contributed by atoms with Crippen molar-refractivity contribution in [2.75, 3.05) is 17.2 Å². The molecule has 3 aromatic carbocycles. The zero-order chi connectivity index (χ0) is 26.3. The Bertz CT molecular complexity index is 1400. The molecule has 4 rings (SSSR count). The molecule has 2 N–H and O–H groups in total. The second-order valence-corrected chi connectivity index (χ2v) is 7.64. The molecule has 0 spiro atoms. The lowest BCUT2D eigenvalue weighted by molar-refractivity contribution is -0.137. The number of para-hydroxylation sites is 3. The topological polar surface area (TPSA) is 89.6 Å². The second kappa shape index (κ2) is 11.3. The number of pyridine rings is 1. The van der Waals surface area contributed by atoms with E-state index in [9.17, 15) is 22.8 Å². The molecule has 188 valence electrons. The van der Waals surface area contributed by atoms with Crippen molar-refractivity contribution in [2.45, 2.75) is 6.18 Å². The van der Waals surface area contributed by atoms with Crippen molar-refractivity contribution in [2.24, 2.45) is 0 Å². The number of anilines is 3. The lowest BCUT2D eigenvalue weighted by Crippen LogP contribution is -2.21. The van der Waals surface area contributed by atoms with Crippen molar-refractivity contribution in [3.8, 4) is 11.5 Å². The molecule has 1 aromatic heterocycles. The van der Waals surface area contributed by atoms with E-state index >= 15 is 0 Å². The fourth-order valence-electron chi connectivity index (χ4n) is 3.25. The minimum atomic E-state index is -4.53. The van der Waals surface area contributed by atoms with Gasteiger partial charge in [-0.15, -0.1) is 0 Å². The van der Waals surface area contributed by atoms with Crippen LogP contribution >= 0.6 is 0 Å². The predicted octanol–water partition coefficient (Wildman–Crippen LogP) is 6.43. The van der Waals surface area contributed by atoms with Crippen LogP contribution in [0.1, 0.15) is 15.9 Å². The van der Waals surface area contributed by atoms with Gasteiger partial charge in [0.1, 0.15) is 17.1 Å². The van der Waals surface area contributed by atoms with Gasteiger partial charge >= 0.3 is 12.1 Å². The molecule has 1 heterocycles. The van der Waals surface area contributed by atoms with Gasteiger partial charge in [-0.05, 0) is 54.6 Å². The van der Waals surface area contributed by atoms with Crippen LogP contribution < -0.4 is 15.4 Å². The fraction of sp³-hybridized carbons (Fsp3) is 0.0741. The van der Waals surface area contributed by atoms with E-state index in [4.69, 9.17) is 9.47 Å². The third-order valence-corrected chi connectivity index (χ3v) is 4.95. The summed E-state index contributed by atoms with van der Waals surface area (Å²) < 4.78 is 50.0. The summed E-state index contributed by atoms with van der Waals surface area (Å²) in [5, 5.41) is 5.33.